The molecule has 3 heteroatoms. The summed E-state index contributed by atoms with van der Waals surface area (Å²) in [6.45, 7) is 0. The average Bonchev–Trinajstić information content (AvgIpc) is 2.68. The summed E-state index contributed by atoms with van der Waals surface area (Å²) in [4.78, 5) is 0. The maximum absolute atomic E-state index is 6.02. The zero-order valence-electron chi connectivity index (χ0n) is 6.18. The number of benzene rings is 1. The fourth-order valence-corrected chi connectivity index (χ4v) is 2.45. The molecule has 1 aliphatic carbocycles. The van der Waals surface area contributed by atoms with Crippen LogP contribution in [-0.2, 0) is 11.2 Å². The molecule has 62 valence electrons. The van der Waals surface area contributed by atoms with E-state index in [1.54, 1.807) is 6.07 Å². The second-order valence-corrected chi connectivity index (χ2v) is 4.10. The van der Waals surface area contributed by atoms with E-state index in [0.29, 0.717) is 11.1 Å². The van der Waals surface area contributed by atoms with Gasteiger partial charge in [0.25, 0.3) is 0 Å². The summed E-state index contributed by atoms with van der Waals surface area (Å²) in [5, 5.41) is 1.49. The van der Waals surface area contributed by atoms with Gasteiger partial charge in [0.2, 0.25) is 0 Å². The van der Waals surface area contributed by atoms with Gasteiger partial charge in [-0.05, 0) is 23.3 Å². The van der Waals surface area contributed by atoms with Crippen molar-refractivity contribution in [2.24, 2.45) is 0 Å². The van der Waals surface area contributed by atoms with Gasteiger partial charge in [0.15, 0.2) is 0 Å². The van der Waals surface area contributed by atoms with Gasteiger partial charge in [0, 0.05) is 16.5 Å². The van der Waals surface area contributed by atoms with E-state index in [9.17, 15) is 0 Å². The summed E-state index contributed by atoms with van der Waals surface area (Å²) in [5.74, 6) is 0. The van der Waals surface area contributed by atoms with Crippen LogP contribution in [0.2, 0.25) is 10.0 Å². The Bertz CT molecular complexity index is 362. The number of rotatable bonds is 0. The van der Waals surface area contributed by atoms with Crippen molar-refractivity contribution in [2.75, 3.05) is 0 Å². The number of hydrogen-bond donors (Lipinski definition) is 0. The Hall–Kier alpha value is -0.240. The summed E-state index contributed by atoms with van der Waals surface area (Å²) in [6, 6.07) is 3.76. The van der Waals surface area contributed by atoms with E-state index in [1.165, 1.54) is 11.1 Å². The van der Waals surface area contributed by atoms with Crippen molar-refractivity contribution in [3.8, 4) is 0 Å². The molecular weight excluding hydrogens is 195 g/mol. The molecule has 1 aliphatic heterocycles. The van der Waals surface area contributed by atoms with Crippen molar-refractivity contribution >= 4 is 23.2 Å². The number of hydrogen-bond acceptors (Lipinski definition) is 1. The van der Waals surface area contributed by atoms with Crippen molar-refractivity contribution in [1.82, 2.24) is 0 Å². The van der Waals surface area contributed by atoms with E-state index in [4.69, 9.17) is 27.9 Å². The van der Waals surface area contributed by atoms with Crippen molar-refractivity contribution in [2.45, 2.75) is 18.6 Å². The first-order valence-corrected chi connectivity index (χ1v) is 4.64. The lowest BCUT2D eigenvalue weighted by molar-refractivity contribution is 0.361. The van der Waals surface area contributed by atoms with Crippen LogP contribution < -0.4 is 0 Å². The number of halogens is 2. The summed E-state index contributed by atoms with van der Waals surface area (Å²) in [5.41, 5.74) is 2.42. The van der Waals surface area contributed by atoms with Gasteiger partial charge in [-0.1, -0.05) is 23.2 Å². The molecule has 12 heavy (non-hydrogen) atoms. The molecule has 0 radical (unpaired) electrons. The lowest BCUT2D eigenvalue weighted by Crippen LogP contribution is -1.90. The summed E-state index contributed by atoms with van der Waals surface area (Å²) < 4.78 is 5.37. The van der Waals surface area contributed by atoms with Crippen molar-refractivity contribution < 1.29 is 4.74 Å². The number of ether oxygens (including phenoxy) is 1. The van der Waals surface area contributed by atoms with E-state index in [1.807, 2.05) is 6.07 Å². The Labute approximate surface area is 80.2 Å². The zero-order chi connectivity index (χ0) is 8.29. The smallest absolute Gasteiger partial charge is 0.110 e. The molecular formula is C9H6Cl2O. The van der Waals surface area contributed by atoms with Crippen LogP contribution in [0.3, 0.4) is 0 Å². The molecule has 1 aromatic carbocycles. The van der Waals surface area contributed by atoms with E-state index in [-0.39, 0.29) is 6.10 Å². The summed E-state index contributed by atoms with van der Waals surface area (Å²) in [7, 11) is 0. The van der Waals surface area contributed by atoms with Gasteiger partial charge in [-0.25, -0.2) is 0 Å². The minimum atomic E-state index is 0.288. The van der Waals surface area contributed by atoms with Crippen LogP contribution >= 0.6 is 23.2 Å². The second kappa shape index (κ2) is 2.16. The Balaban J connectivity index is 2.24. The first-order valence-electron chi connectivity index (χ1n) is 3.89. The number of fused-ring (bicyclic) bond motifs is 3. The quantitative estimate of drug-likeness (QED) is 0.587. The molecule has 0 saturated carbocycles. The maximum Gasteiger partial charge on any atom is 0.110 e. The first kappa shape index (κ1) is 7.19. The van der Waals surface area contributed by atoms with Crippen molar-refractivity contribution in [3.63, 3.8) is 0 Å². The molecule has 3 rings (SSSR count). The van der Waals surface area contributed by atoms with E-state index < -0.39 is 0 Å². The number of epoxide rings is 1. The Morgan fingerprint density at radius 1 is 1.33 bits per heavy atom. The average molecular weight is 201 g/mol. The van der Waals surface area contributed by atoms with Crippen LogP contribution in [-0.4, -0.2) is 6.10 Å². The summed E-state index contributed by atoms with van der Waals surface area (Å²) in [6.07, 6.45) is 1.63. The minimum absolute atomic E-state index is 0.288. The highest BCUT2D eigenvalue weighted by molar-refractivity contribution is 6.35. The highest BCUT2D eigenvalue weighted by Crippen LogP contribution is 2.51. The SMILES string of the molecule is Clc1cc(Cl)c2c(c1)[C@H]1O[C@H]1C2. The van der Waals surface area contributed by atoms with Crippen molar-refractivity contribution in [3.05, 3.63) is 33.3 Å². The van der Waals surface area contributed by atoms with E-state index in [2.05, 4.69) is 0 Å². The highest BCUT2D eigenvalue weighted by atomic mass is 35.5. The van der Waals surface area contributed by atoms with Crippen LogP contribution in [0, 0.1) is 0 Å². The van der Waals surface area contributed by atoms with Gasteiger partial charge >= 0.3 is 0 Å². The van der Waals surface area contributed by atoms with Crippen LogP contribution in [0.15, 0.2) is 12.1 Å². The van der Waals surface area contributed by atoms with Crippen molar-refractivity contribution in [1.29, 1.82) is 0 Å². The fourth-order valence-electron chi connectivity index (χ4n) is 1.87. The molecule has 1 fully saturated rings. The van der Waals surface area contributed by atoms with Gasteiger partial charge in [-0.3, -0.25) is 0 Å². The third kappa shape index (κ3) is 0.846. The molecule has 0 bridgehead atoms. The van der Waals surface area contributed by atoms with Gasteiger partial charge in [0.05, 0.1) is 6.10 Å². The Kier molecular flexibility index (Phi) is 1.30. The third-order valence-electron chi connectivity index (χ3n) is 2.49. The molecule has 1 saturated heterocycles. The molecule has 0 N–H and O–H groups in total. The maximum atomic E-state index is 6.02. The molecule has 0 aromatic heterocycles. The topological polar surface area (TPSA) is 12.5 Å². The van der Waals surface area contributed by atoms with Crippen LogP contribution in [0.4, 0.5) is 0 Å². The predicted molar refractivity (Wildman–Crippen MR) is 47.8 cm³/mol. The van der Waals surface area contributed by atoms with Gasteiger partial charge in [-0.15, -0.1) is 0 Å². The molecule has 0 unspecified atom stereocenters. The lowest BCUT2D eigenvalue weighted by Gasteiger charge is -2.04. The highest BCUT2D eigenvalue weighted by Gasteiger charge is 2.47. The molecule has 2 aliphatic rings. The zero-order valence-corrected chi connectivity index (χ0v) is 7.69. The van der Waals surface area contributed by atoms with Gasteiger partial charge in [0.1, 0.15) is 6.10 Å². The first-order chi connectivity index (χ1) is 5.75. The predicted octanol–water partition coefficient (Wildman–Crippen LogP) is 2.99. The molecule has 1 heterocycles. The van der Waals surface area contributed by atoms with E-state index in [0.717, 1.165) is 11.4 Å². The molecule has 1 aromatic rings. The Morgan fingerprint density at radius 3 is 3.00 bits per heavy atom. The van der Waals surface area contributed by atoms with Gasteiger partial charge < -0.3 is 4.74 Å². The van der Waals surface area contributed by atoms with Crippen LogP contribution in [0.5, 0.6) is 0 Å². The van der Waals surface area contributed by atoms with E-state index >= 15 is 0 Å². The van der Waals surface area contributed by atoms with Crippen LogP contribution in [0.25, 0.3) is 0 Å². The standard InChI is InChI=1S/C9H6Cl2O/c10-4-1-6-5(7(11)2-4)3-8-9(6)12-8/h1-2,8-9H,3H2/t8-,9+/m0/s1. The minimum Gasteiger partial charge on any atom is -0.364 e. The second-order valence-electron chi connectivity index (χ2n) is 3.25. The van der Waals surface area contributed by atoms with Crippen LogP contribution in [0.1, 0.15) is 17.2 Å². The lowest BCUT2D eigenvalue weighted by atomic mass is 10.1. The third-order valence-corrected chi connectivity index (χ3v) is 3.04. The molecule has 0 spiro atoms. The Morgan fingerprint density at radius 2 is 2.17 bits per heavy atom. The molecule has 0 amide bonds. The monoisotopic (exact) mass is 200 g/mol. The normalized spacial score (nSPS) is 29.8. The van der Waals surface area contributed by atoms with Gasteiger partial charge in [-0.2, -0.15) is 0 Å². The summed E-state index contributed by atoms with van der Waals surface area (Å²) >= 11 is 11.9. The fraction of sp³-hybridized carbons (Fsp3) is 0.333. The molecule has 2 atom stereocenters. The largest absolute Gasteiger partial charge is 0.364 e. The molecule has 1 nitrogen and oxygen atoms in total.